The number of nitrogens with zero attached hydrogens (tertiary/aromatic N) is 2. The number of ether oxygens (including phenoxy) is 2. The summed E-state index contributed by atoms with van der Waals surface area (Å²) >= 11 is 0. The molecule has 32 heavy (non-hydrogen) atoms. The largest absolute Gasteiger partial charge is 0.457 e. The van der Waals surface area contributed by atoms with Gasteiger partial charge in [0.15, 0.2) is 0 Å². The van der Waals surface area contributed by atoms with E-state index in [-0.39, 0.29) is 11.4 Å². The van der Waals surface area contributed by atoms with Crippen LogP contribution in [0.4, 0.5) is 13.2 Å². The van der Waals surface area contributed by atoms with Crippen LogP contribution in [0.2, 0.25) is 0 Å². The van der Waals surface area contributed by atoms with Crippen LogP contribution in [0.5, 0.6) is 0 Å². The molecule has 9 heteroatoms. The van der Waals surface area contributed by atoms with Gasteiger partial charge in [0, 0.05) is 12.4 Å². The van der Waals surface area contributed by atoms with Crippen molar-refractivity contribution in [2.75, 3.05) is 6.61 Å². The lowest BCUT2D eigenvalue weighted by atomic mass is 9.93. The number of hydrogen-bond acceptors (Lipinski definition) is 6. The van der Waals surface area contributed by atoms with Gasteiger partial charge >= 0.3 is 18.1 Å². The third-order valence-electron chi connectivity index (χ3n) is 5.85. The lowest BCUT2D eigenvalue weighted by molar-refractivity contribution is -0.213. The first-order chi connectivity index (χ1) is 15.3. The number of carbonyl (C=O) groups is 2. The van der Waals surface area contributed by atoms with E-state index in [1.54, 1.807) is 12.3 Å². The normalized spacial score (nSPS) is 16.5. The van der Waals surface area contributed by atoms with Gasteiger partial charge in [0.05, 0.1) is 0 Å². The molecule has 1 atom stereocenters. The standard InChI is InChI=1S/C23H23F3N2O4/c24-23(25,26)20(32-22(30)19-10-15-6-2-4-8-17(15)12-28-19)13-31-21(29)18-9-14-5-1-3-7-16(14)11-27-18/h9-12,20H,1-8,13H2. The summed E-state index contributed by atoms with van der Waals surface area (Å²) in [4.78, 5) is 32.6. The van der Waals surface area contributed by atoms with Gasteiger partial charge in [-0.25, -0.2) is 19.6 Å². The lowest BCUT2D eigenvalue weighted by Crippen LogP contribution is -2.38. The minimum absolute atomic E-state index is 0.0609. The Morgan fingerprint density at radius 3 is 1.78 bits per heavy atom. The molecule has 6 nitrogen and oxygen atoms in total. The fourth-order valence-electron chi connectivity index (χ4n) is 4.06. The molecule has 2 aliphatic rings. The summed E-state index contributed by atoms with van der Waals surface area (Å²) in [6.07, 6.45) is 2.76. The minimum atomic E-state index is -4.91. The molecule has 0 saturated carbocycles. The summed E-state index contributed by atoms with van der Waals surface area (Å²) in [5.74, 6) is -2.20. The van der Waals surface area contributed by atoms with E-state index in [1.807, 2.05) is 0 Å². The molecule has 1 unspecified atom stereocenters. The fraction of sp³-hybridized carbons (Fsp3) is 0.478. The maximum atomic E-state index is 13.4. The molecule has 2 heterocycles. The number of rotatable bonds is 5. The van der Waals surface area contributed by atoms with Crippen LogP contribution in [-0.2, 0) is 35.2 Å². The molecule has 4 rings (SSSR count). The highest BCUT2D eigenvalue weighted by Gasteiger charge is 2.44. The van der Waals surface area contributed by atoms with E-state index in [2.05, 4.69) is 14.7 Å². The van der Waals surface area contributed by atoms with E-state index in [1.165, 1.54) is 12.3 Å². The molecule has 2 aromatic heterocycles. The molecule has 0 spiro atoms. The number of pyridine rings is 2. The number of carbonyl (C=O) groups excluding carboxylic acids is 2. The molecule has 2 aliphatic carbocycles. The lowest BCUT2D eigenvalue weighted by Gasteiger charge is -2.21. The van der Waals surface area contributed by atoms with Crippen molar-refractivity contribution in [2.24, 2.45) is 0 Å². The fourth-order valence-corrected chi connectivity index (χ4v) is 4.06. The van der Waals surface area contributed by atoms with Gasteiger partial charge in [-0.15, -0.1) is 0 Å². The van der Waals surface area contributed by atoms with Crippen LogP contribution >= 0.6 is 0 Å². The summed E-state index contributed by atoms with van der Waals surface area (Å²) in [7, 11) is 0. The van der Waals surface area contributed by atoms with E-state index in [0.717, 1.165) is 73.6 Å². The van der Waals surface area contributed by atoms with E-state index in [9.17, 15) is 22.8 Å². The Hall–Kier alpha value is -2.97. The van der Waals surface area contributed by atoms with Gasteiger partial charge in [0.1, 0.15) is 18.0 Å². The zero-order chi connectivity index (χ0) is 22.7. The molecule has 0 aromatic carbocycles. The zero-order valence-electron chi connectivity index (χ0n) is 17.4. The number of aromatic nitrogens is 2. The quantitative estimate of drug-likeness (QED) is 0.639. The molecular formula is C23H23F3N2O4. The summed E-state index contributed by atoms with van der Waals surface area (Å²) in [5, 5.41) is 0. The van der Waals surface area contributed by atoms with E-state index >= 15 is 0 Å². The van der Waals surface area contributed by atoms with Crippen LogP contribution < -0.4 is 0 Å². The Bertz CT molecular complexity index is 1020. The van der Waals surface area contributed by atoms with Gasteiger partial charge in [0.2, 0.25) is 6.10 Å². The highest BCUT2D eigenvalue weighted by molar-refractivity contribution is 5.88. The average Bonchev–Trinajstić information content (AvgIpc) is 2.80. The van der Waals surface area contributed by atoms with Crippen molar-refractivity contribution in [3.05, 3.63) is 58.2 Å². The third kappa shape index (κ3) is 5.08. The van der Waals surface area contributed by atoms with Crippen molar-refractivity contribution in [1.82, 2.24) is 9.97 Å². The van der Waals surface area contributed by atoms with Crippen molar-refractivity contribution in [3.8, 4) is 0 Å². The Morgan fingerprint density at radius 2 is 1.28 bits per heavy atom. The maximum absolute atomic E-state index is 13.4. The second-order valence-corrected chi connectivity index (χ2v) is 8.12. The van der Waals surface area contributed by atoms with Crippen LogP contribution in [0.25, 0.3) is 0 Å². The van der Waals surface area contributed by atoms with Gasteiger partial charge in [-0.05, 0) is 85.8 Å². The summed E-state index contributed by atoms with van der Waals surface area (Å²) < 4.78 is 49.8. The van der Waals surface area contributed by atoms with Gasteiger partial charge in [-0.1, -0.05) is 0 Å². The van der Waals surface area contributed by atoms with Crippen molar-refractivity contribution < 1.29 is 32.2 Å². The van der Waals surface area contributed by atoms with Crippen LogP contribution in [0.1, 0.15) is 68.9 Å². The Kier molecular flexibility index (Phi) is 6.43. The molecule has 0 radical (unpaired) electrons. The molecular weight excluding hydrogens is 425 g/mol. The van der Waals surface area contributed by atoms with E-state index in [4.69, 9.17) is 4.74 Å². The number of aryl methyl sites for hydroxylation is 4. The zero-order valence-corrected chi connectivity index (χ0v) is 17.4. The van der Waals surface area contributed by atoms with Crippen molar-refractivity contribution in [2.45, 2.75) is 63.6 Å². The molecule has 0 bridgehead atoms. The number of fused-ring (bicyclic) bond motifs is 2. The first kappa shape index (κ1) is 22.2. The van der Waals surface area contributed by atoms with Gasteiger partial charge in [-0.2, -0.15) is 13.2 Å². The smallest absolute Gasteiger partial charge is 0.428 e. The average molecular weight is 448 g/mol. The van der Waals surface area contributed by atoms with Gasteiger partial charge in [0.25, 0.3) is 0 Å². The van der Waals surface area contributed by atoms with Crippen molar-refractivity contribution >= 4 is 11.9 Å². The first-order valence-electron chi connectivity index (χ1n) is 10.7. The summed E-state index contributed by atoms with van der Waals surface area (Å²) in [6.45, 7) is -1.15. The molecule has 0 saturated heterocycles. The SMILES string of the molecule is O=C(OCC(OC(=O)c1cc2c(cn1)CCCC2)C(F)(F)F)c1cc2c(cn1)CCCC2. The first-order valence-corrected chi connectivity index (χ1v) is 10.7. The van der Waals surface area contributed by atoms with E-state index < -0.39 is 30.8 Å². The number of halogens is 3. The summed E-state index contributed by atoms with van der Waals surface area (Å²) in [5.41, 5.74) is 3.62. The predicted molar refractivity (Wildman–Crippen MR) is 107 cm³/mol. The van der Waals surface area contributed by atoms with Crippen LogP contribution in [0.3, 0.4) is 0 Å². The molecule has 0 aliphatic heterocycles. The number of esters is 2. The van der Waals surface area contributed by atoms with Crippen LogP contribution in [-0.4, -0.2) is 40.8 Å². The molecule has 2 aromatic rings. The monoisotopic (exact) mass is 448 g/mol. The van der Waals surface area contributed by atoms with E-state index in [0.29, 0.717) is 0 Å². The molecule has 0 fully saturated rings. The maximum Gasteiger partial charge on any atom is 0.428 e. The second-order valence-electron chi connectivity index (χ2n) is 8.12. The Labute approximate surface area is 183 Å². The van der Waals surface area contributed by atoms with Gasteiger partial charge in [-0.3, -0.25) is 0 Å². The number of alkyl halides is 3. The molecule has 0 N–H and O–H groups in total. The minimum Gasteiger partial charge on any atom is -0.457 e. The van der Waals surface area contributed by atoms with Crippen LogP contribution in [0.15, 0.2) is 24.5 Å². The Balaban J connectivity index is 1.41. The van der Waals surface area contributed by atoms with Crippen LogP contribution in [0, 0.1) is 0 Å². The highest BCUT2D eigenvalue weighted by atomic mass is 19.4. The molecule has 0 amide bonds. The Morgan fingerprint density at radius 1 is 0.812 bits per heavy atom. The van der Waals surface area contributed by atoms with Crippen molar-refractivity contribution in [1.29, 1.82) is 0 Å². The van der Waals surface area contributed by atoms with Gasteiger partial charge < -0.3 is 9.47 Å². The second kappa shape index (κ2) is 9.26. The number of hydrogen-bond donors (Lipinski definition) is 0. The predicted octanol–water partition coefficient (Wildman–Crippen LogP) is 4.18. The van der Waals surface area contributed by atoms with Crippen molar-refractivity contribution in [3.63, 3.8) is 0 Å². The summed E-state index contributed by atoms with van der Waals surface area (Å²) in [6, 6.07) is 3.04. The highest BCUT2D eigenvalue weighted by Crippen LogP contribution is 2.26. The molecule has 170 valence electrons. The third-order valence-corrected chi connectivity index (χ3v) is 5.85. The topological polar surface area (TPSA) is 78.4 Å².